The van der Waals surface area contributed by atoms with Gasteiger partial charge in [-0.25, -0.2) is 10.2 Å². The number of nitrogens with zero attached hydrogens (tertiary/aromatic N) is 2. The second-order valence-corrected chi connectivity index (χ2v) is 8.04. The summed E-state index contributed by atoms with van der Waals surface area (Å²) in [5.41, 5.74) is 7.83. The topological polar surface area (TPSA) is 71.0 Å². The van der Waals surface area contributed by atoms with E-state index in [1.807, 2.05) is 30.3 Å². The molecule has 0 spiro atoms. The van der Waals surface area contributed by atoms with Crippen LogP contribution in [-0.4, -0.2) is 25.2 Å². The van der Waals surface area contributed by atoms with Gasteiger partial charge in [0, 0.05) is 28.8 Å². The van der Waals surface area contributed by atoms with Gasteiger partial charge in [-0.2, -0.15) is 5.10 Å². The summed E-state index contributed by atoms with van der Waals surface area (Å²) in [5.74, 6) is -0.667. The van der Waals surface area contributed by atoms with Crippen molar-refractivity contribution in [2.45, 2.75) is 13.1 Å². The van der Waals surface area contributed by atoms with Crippen molar-refractivity contribution >= 4 is 39.7 Å². The molecule has 31 heavy (non-hydrogen) atoms. The van der Waals surface area contributed by atoms with Crippen molar-refractivity contribution in [2.75, 3.05) is 12.0 Å². The molecule has 0 atom stereocenters. The molecule has 3 aromatic rings. The molecule has 4 rings (SSSR count). The first-order valence-corrected chi connectivity index (χ1v) is 10.5. The Balaban J connectivity index is 1.38. The Morgan fingerprint density at radius 2 is 1.65 bits per heavy atom. The Bertz CT molecular complexity index is 1140. The van der Waals surface area contributed by atoms with Gasteiger partial charge in [0.05, 0.1) is 18.9 Å². The molecule has 0 fully saturated rings. The lowest BCUT2D eigenvalue weighted by molar-refractivity contribution is 0.0600. The van der Waals surface area contributed by atoms with Gasteiger partial charge < -0.3 is 9.64 Å². The van der Waals surface area contributed by atoms with Crippen LogP contribution in [0, 0.1) is 0 Å². The van der Waals surface area contributed by atoms with Crippen LogP contribution in [0.3, 0.4) is 0 Å². The number of fused-ring (bicyclic) bond motifs is 1. The Hall–Kier alpha value is -3.45. The second-order valence-electron chi connectivity index (χ2n) is 7.13. The lowest BCUT2D eigenvalue weighted by atomic mass is 10.1. The smallest absolute Gasteiger partial charge is 0.337 e. The summed E-state index contributed by atoms with van der Waals surface area (Å²) in [4.78, 5) is 26.2. The molecule has 1 amide bonds. The molecule has 1 aliphatic heterocycles. The molecule has 3 aromatic carbocycles. The Morgan fingerprint density at radius 1 is 0.968 bits per heavy atom. The molecule has 0 saturated heterocycles. The van der Waals surface area contributed by atoms with Gasteiger partial charge in [-0.15, -0.1) is 0 Å². The van der Waals surface area contributed by atoms with Gasteiger partial charge in [-0.3, -0.25) is 4.79 Å². The van der Waals surface area contributed by atoms with Crippen LogP contribution in [0.15, 0.2) is 76.3 Å². The van der Waals surface area contributed by atoms with Gasteiger partial charge in [-0.1, -0.05) is 34.1 Å². The molecule has 1 N–H and O–H groups in total. The van der Waals surface area contributed by atoms with E-state index in [1.165, 1.54) is 18.9 Å². The number of rotatable bonds is 5. The predicted molar refractivity (Wildman–Crippen MR) is 123 cm³/mol. The highest BCUT2D eigenvalue weighted by molar-refractivity contribution is 9.10. The SMILES string of the molecule is COC(=O)c1ccc(/C=N/NC(=O)c2ccc3c(c2)CN(c2ccc(Br)cc2)C3)cc1. The zero-order valence-electron chi connectivity index (χ0n) is 16.8. The number of hydrazone groups is 1. The number of carbonyl (C=O) groups is 2. The Labute approximate surface area is 188 Å². The lowest BCUT2D eigenvalue weighted by Gasteiger charge is -2.17. The standard InChI is InChI=1S/C24H20BrN3O3/c1-31-24(30)17-4-2-16(3-5-17)13-26-27-23(29)18-6-7-19-14-28(15-20(19)12-18)22-10-8-21(25)9-11-22/h2-13H,14-15H2,1H3,(H,27,29)/b26-13+. The van der Waals surface area contributed by atoms with Crippen LogP contribution < -0.4 is 10.3 Å². The minimum Gasteiger partial charge on any atom is -0.465 e. The summed E-state index contributed by atoms with van der Waals surface area (Å²) in [7, 11) is 1.34. The number of halogens is 1. The number of nitrogens with one attached hydrogen (secondary N) is 1. The summed E-state index contributed by atoms with van der Waals surface area (Å²) in [5, 5.41) is 4.02. The average Bonchev–Trinajstić information content (AvgIpc) is 3.22. The van der Waals surface area contributed by atoms with Gasteiger partial charge in [-0.05, 0) is 65.2 Å². The molecule has 0 aromatic heterocycles. The molecule has 7 heteroatoms. The number of hydrogen-bond acceptors (Lipinski definition) is 5. The van der Waals surface area contributed by atoms with Gasteiger partial charge >= 0.3 is 5.97 Å². The summed E-state index contributed by atoms with van der Waals surface area (Å²) in [6, 6.07) is 20.7. The fourth-order valence-electron chi connectivity index (χ4n) is 3.42. The number of ether oxygens (including phenoxy) is 1. The van der Waals surface area contributed by atoms with E-state index in [0.717, 1.165) is 34.4 Å². The summed E-state index contributed by atoms with van der Waals surface area (Å²) < 4.78 is 5.72. The zero-order chi connectivity index (χ0) is 21.8. The summed E-state index contributed by atoms with van der Waals surface area (Å²) in [6.45, 7) is 1.58. The van der Waals surface area contributed by atoms with Crippen molar-refractivity contribution in [3.05, 3.63) is 99.0 Å². The van der Waals surface area contributed by atoms with E-state index < -0.39 is 5.97 Å². The number of anilines is 1. The third kappa shape index (κ3) is 4.83. The lowest BCUT2D eigenvalue weighted by Crippen LogP contribution is -2.18. The number of benzene rings is 3. The molecule has 0 saturated carbocycles. The summed E-state index contributed by atoms with van der Waals surface area (Å²) >= 11 is 3.46. The number of esters is 1. The first kappa shape index (κ1) is 20.8. The number of hydrogen-bond donors (Lipinski definition) is 1. The molecule has 0 aliphatic carbocycles. The molecular formula is C24H20BrN3O3. The van der Waals surface area contributed by atoms with Crippen LogP contribution in [0.1, 0.15) is 37.4 Å². The molecule has 156 valence electrons. The highest BCUT2D eigenvalue weighted by atomic mass is 79.9. The van der Waals surface area contributed by atoms with E-state index in [4.69, 9.17) is 0 Å². The van der Waals surface area contributed by atoms with Gasteiger partial charge in [0.1, 0.15) is 0 Å². The monoisotopic (exact) mass is 477 g/mol. The quantitative estimate of drug-likeness (QED) is 0.333. The van der Waals surface area contributed by atoms with Crippen LogP contribution in [0.4, 0.5) is 5.69 Å². The second kappa shape index (κ2) is 9.14. The predicted octanol–water partition coefficient (Wildman–Crippen LogP) is 4.52. The third-order valence-electron chi connectivity index (χ3n) is 5.09. The van der Waals surface area contributed by atoms with Crippen molar-refractivity contribution in [2.24, 2.45) is 5.10 Å². The Morgan fingerprint density at radius 3 is 2.35 bits per heavy atom. The maximum Gasteiger partial charge on any atom is 0.337 e. The molecule has 1 heterocycles. The molecule has 0 unspecified atom stereocenters. The number of methoxy groups -OCH3 is 1. The van der Waals surface area contributed by atoms with E-state index in [0.29, 0.717) is 11.1 Å². The highest BCUT2D eigenvalue weighted by Gasteiger charge is 2.20. The molecule has 0 bridgehead atoms. The van der Waals surface area contributed by atoms with Crippen molar-refractivity contribution in [1.82, 2.24) is 5.43 Å². The van der Waals surface area contributed by atoms with Crippen molar-refractivity contribution in [3.8, 4) is 0 Å². The van der Waals surface area contributed by atoms with Crippen LogP contribution in [-0.2, 0) is 17.8 Å². The summed E-state index contributed by atoms with van der Waals surface area (Å²) in [6.07, 6.45) is 1.53. The fourth-order valence-corrected chi connectivity index (χ4v) is 3.69. The minimum absolute atomic E-state index is 0.271. The first-order chi connectivity index (χ1) is 15.0. The normalized spacial score (nSPS) is 12.6. The molecule has 1 aliphatic rings. The van der Waals surface area contributed by atoms with Crippen LogP contribution in [0.5, 0.6) is 0 Å². The molecule has 6 nitrogen and oxygen atoms in total. The average molecular weight is 478 g/mol. The van der Waals surface area contributed by atoms with E-state index in [2.05, 4.69) is 48.2 Å². The van der Waals surface area contributed by atoms with Crippen LogP contribution in [0.2, 0.25) is 0 Å². The largest absolute Gasteiger partial charge is 0.465 e. The van der Waals surface area contributed by atoms with Crippen molar-refractivity contribution in [1.29, 1.82) is 0 Å². The maximum atomic E-state index is 12.5. The van der Waals surface area contributed by atoms with Crippen molar-refractivity contribution < 1.29 is 14.3 Å². The zero-order valence-corrected chi connectivity index (χ0v) is 18.4. The van der Waals surface area contributed by atoms with Crippen molar-refractivity contribution in [3.63, 3.8) is 0 Å². The minimum atomic E-state index is -0.396. The number of carbonyl (C=O) groups excluding carboxylic acids is 2. The van der Waals surface area contributed by atoms with E-state index in [1.54, 1.807) is 24.3 Å². The highest BCUT2D eigenvalue weighted by Crippen LogP contribution is 2.29. The third-order valence-corrected chi connectivity index (χ3v) is 5.62. The maximum absolute atomic E-state index is 12.5. The van der Waals surface area contributed by atoms with E-state index >= 15 is 0 Å². The van der Waals surface area contributed by atoms with Gasteiger partial charge in [0.25, 0.3) is 5.91 Å². The van der Waals surface area contributed by atoms with Crippen LogP contribution in [0.25, 0.3) is 0 Å². The van der Waals surface area contributed by atoms with Gasteiger partial charge in [0.15, 0.2) is 0 Å². The Kier molecular flexibility index (Phi) is 6.13. The van der Waals surface area contributed by atoms with E-state index in [-0.39, 0.29) is 5.91 Å². The van der Waals surface area contributed by atoms with Gasteiger partial charge in [0.2, 0.25) is 0 Å². The van der Waals surface area contributed by atoms with E-state index in [9.17, 15) is 9.59 Å². The number of amides is 1. The molecule has 0 radical (unpaired) electrons. The molecular weight excluding hydrogens is 458 g/mol. The fraction of sp³-hybridized carbons (Fsp3) is 0.125. The first-order valence-electron chi connectivity index (χ1n) is 9.67. The van der Waals surface area contributed by atoms with Crippen LogP contribution >= 0.6 is 15.9 Å².